The van der Waals surface area contributed by atoms with Gasteiger partial charge in [-0.25, -0.2) is 9.18 Å². The monoisotopic (exact) mass is 280 g/mol. The van der Waals surface area contributed by atoms with Crippen LogP contribution in [0.15, 0.2) is 18.2 Å². The molecule has 0 N–H and O–H groups in total. The van der Waals surface area contributed by atoms with E-state index >= 15 is 0 Å². The van der Waals surface area contributed by atoms with Gasteiger partial charge >= 0.3 is 12.3 Å². The second-order valence-corrected chi connectivity index (χ2v) is 4.18. The van der Waals surface area contributed by atoms with E-state index in [1.165, 1.54) is 0 Å². The predicted molar refractivity (Wildman–Crippen MR) is 58.2 cm³/mol. The van der Waals surface area contributed by atoms with E-state index in [1.807, 2.05) is 0 Å². The Labute approximate surface area is 107 Å². The highest BCUT2D eigenvalue weighted by Crippen LogP contribution is 2.25. The molecule has 0 aliphatic heterocycles. The van der Waals surface area contributed by atoms with Gasteiger partial charge < -0.3 is 9.47 Å². The van der Waals surface area contributed by atoms with Crippen molar-refractivity contribution < 1.29 is 31.8 Å². The molecule has 0 fully saturated rings. The summed E-state index contributed by atoms with van der Waals surface area (Å²) in [6, 6.07) is 2.15. The average molecular weight is 280 g/mol. The third-order valence-corrected chi connectivity index (χ3v) is 1.94. The maximum atomic E-state index is 13.3. The summed E-state index contributed by atoms with van der Waals surface area (Å²) in [4.78, 5) is 11.5. The molecule has 1 rings (SSSR count). The van der Waals surface area contributed by atoms with Crippen molar-refractivity contribution in [2.75, 3.05) is 6.61 Å². The largest absolute Gasteiger partial charge is 0.573 e. The van der Waals surface area contributed by atoms with Crippen LogP contribution in [-0.4, -0.2) is 18.9 Å². The maximum Gasteiger partial charge on any atom is 0.573 e. The molecule has 1 aromatic carbocycles. The predicted octanol–water partition coefficient (Wildman–Crippen LogP) is 3.54. The van der Waals surface area contributed by atoms with Gasteiger partial charge in [-0.05, 0) is 24.1 Å². The highest BCUT2D eigenvalue weighted by atomic mass is 19.4. The molecule has 0 aliphatic carbocycles. The Bertz CT molecular complexity index is 455. The maximum absolute atomic E-state index is 13.3. The number of rotatable bonds is 4. The van der Waals surface area contributed by atoms with E-state index in [4.69, 9.17) is 4.74 Å². The summed E-state index contributed by atoms with van der Waals surface area (Å²) in [6.45, 7) is 3.59. The van der Waals surface area contributed by atoms with Crippen LogP contribution in [0.4, 0.5) is 17.6 Å². The Morgan fingerprint density at radius 3 is 2.47 bits per heavy atom. The van der Waals surface area contributed by atoms with Crippen molar-refractivity contribution in [1.29, 1.82) is 0 Å². The van der Waals surface area contributed by atoms with Crippen molar-refractivity contribution in [2.24, 2.45) is 5.92 Å². The number of esters is 1. The third kappa shape index (κ3) is 5.15. The molecular formula is C12H12F4O3. The van der Waals surface area contributed by atoms with Crippen LogP contribution in [0.25, 0.3) is 0 Å². The molecule has 0 atom stereocenters. The molecule has 106 valence electrons. The van der Waals surface area contributed by atoms with Gasteiger partial charge in [0.15, 0.2) is 0 Å². The molecule has 0 amide bonds. The quantitative estimate of drug-likeness (QED) is 0.625. The summed E-state index contributed by atoms with van der Waals surface area (Å²) < 4.78 is 57.7. The zero-order valence-electron chi connectivity index (χ0n) is 10.3. The standard InChI is InChI=1S/C12H12F4O3/c1-7(2)6-18-11(17)9-5-8(3-4-10(9)13)19-12(14,15)16/h3-5,7H,6H2,1-2H3. The summed E-state index contributed by atoms with van der Waals surface area (Å²) in [5.41, 5.74) is -0.595. The number of carbonyl (C=O) groups is 1. The molecule has 0 aromatic heterocycles. The number of hydrogen-bond acceptors (Lipinski definition) is 3. The normalized spacial score (nSPS) is 11.5. The van der Waals surface area contributed by atoms with Crippen LogP contribution in [0.3, 0.4) is 0 Å². The molecular weight excluding hydrogens is 268 g/mol. The summed E-state index contributed by atoms with van der Waals surface area (Å²) in [6.07, 6.45) is -4.91. The molecule has 3 nitrogen and oxygen atoms in total. The van der Waals surface area contributed by atoms with Crippen LogP contribution in [0.2, 0.25) is 0 Å². The molecule has 0 radical (unpaired) electrons. The molecule has 0 heterocycles. The molecule has 0 unspecified atom stereocenters. The Hall–Kier alpha value is -1.79. The van der Waals surface area contributed by atoms with E-state index in [-0.39, 0.29) is 12.5 Å². The van der Waals surface area contributed by atoms with E-state index in [0.29, 0.717) is 12.1 Å². The zero-order chi connectivity index (χ0) is 14.6. The van der Waals surface area contributed by atoms with Crippen LogP contribution in [-0.2, 0) is 4.74 Å². The molecule has 0 spiro atoms. The van der Waals surface area contributed by atoms with Gasteiger partial charge in [-0.2, -0.15) is 0 Å². The van der Waals surface area contributed by atoms with Gasteiger partial charge in [0.05, 0.1) is 12.2 Å². The van der Waals surface area contributed by atoms with Crippen LogP contribution in [0, 0.1) is 11.7 Å². The lowest BCUT2D eigenvalue weighted by Gasteiger charge is -2.11. The fourth-order valence-electron chi connectivity index (χ4n) is 1.18. The van der Waals surface area contributed by atoms with Crippen molar-refractivity contribution in [3.8, 4) is 5.75 Å². The average Bonchev–Trinajstić information content (AvgIpc) is 2.26. The van der Waals surface area contributed by atoms with Crippen LogP contribution in [0.5, 0.6) is 5.75 Å². The summed E-state index contributed by atoms with van der Waals surface area (Å²) in [5.74, 6) is -2.64. The van der Waals surface area contributed by atoms with E-state index in [9.17, 15) is 22.4 Å². The fourth-order valence-corrected chi connectivity index (χ4v) is 1.18. The Balaban J connectivity index is 2.88. The molecule has 1 aromatic rings. The molecule has 0 aliphatic rings. The second kappa shape index (κ2) is 5.90. The minimum Gasteiger partial charge on any atom is -0.462 e. The van der Waals surface area contributed by atoms with E-state index in [1.54, 1.807) is 13.8 Å². The van der Waals surface area contributed by atoms with Gasteiger partial charge in [0.1, 0.15) is 11.6 Å². The Morgan fingerprint density at radius 2 is 1.95 bits per heavy atom. The SMILES string of the molecule is CC(C)COC(=O)c1cc(OC(F)(F)F)ccc1F. The van der Waals surface area contributed by atoms with Crippen molar-refractivity contribution in [3.05, 3.63) is 29.6 Å². The van der Waals surface area contributed by atoms with E-state index in [2.05, 4.69) is 4.74 Å². The molecule has 7 heteroatoms. The van der Waals surface area contributed by atoms with Crippen molar-refractivity contribution in [1.82, 2.24) is 0 Å². The molecule has 0 saturated carbocycles. The highest BCUT2D eigenvalue weighted by molar-refractivity contribution is 5.90. The highest BCUT2D eigenvalue weighted by Gasteiger charge is 2.31. The van der Waals surface area contributed by atoms with E-state index in [0.717, 1.165) is 6.07 Å². The number of halogens is 4. The molecule has 19 heavy (non-hydrogen) atoms. The summed E-state index contributed by atoms with van der Waals surface area (Å²) >= 11 is 0. The van der Waals surface area contributed by atoms with E-state index < -0.39 is 29.5 Å². The number of alkyl halides is 3. The first-order chi connectivity index (χ1) is 8.69. The van der Waals surface area contributed by atoms with Gasteiger partial charge in [0.2, 0.25) is 0 Å². The Kier molecular flexibility index (Phi) is 4.74. The number of carbonyl (C=O) groups excluding carboxylic acids is 1. The Morgan fingerprint density at radius 1 is 1.32 bits per heavy atom. The second-order valence-electron chi connectivity index (χ2n) is 4.18. The lowest BCUT2D eigenvalue weighted by molar-refractivity contribution is -0.274. The number of hydrogen-bond donors (Lipinski definition) is 0. The van der Waals surface area contributed by atoms with Gasteiger partial charge in [0, 0.05) is 0 Å². The van der Waals surface area contributed by atoms with Crippen molar-refractivity contribution in [3.63, 3.8) is 0 Å². The summed E-state index contributed by atoms with van der Waals surface area (Å²) in [7, 11) is 0. The van der Waals surface area contributed by atoms with Crippen LogP contribution >= 0.6 is 0 Å². The van der Waals surface area contributed by atoms with Crippen molar-refractivity contribution in [2.45, 2.75) is 20.2 Å². The fraction of sp³-hybridized carbons (Fsp3) is 0.417. The summed E-state index contributed by atoms with van der Waals surface area (Å²) in [5, 5.41) is 0. The number of ether oxygens (including phenoxy) is 2. The van der Waals surface area contributed by atoms with Crippen LogP contribution < -0.4 is 4.74 Å². The zero-order valence-corrected chi connectivity index (χ0v) is 10.3. The molecule has 0 saturated heterocycles. The van der Waals surface area contributed by atoms with Gasteiger partial charge in [-0.1, -0.05) is 13.8 Å². The minimum absolute atomic E-state index is 0.0293. The lowest BCUT2D eigenvalue weighted by atomic mass is 10.2. The first-order valence-electron chi connectivity index (χ1n) is 5.41. The van der Waals surface area contributed by atoms with Crippen LogP contribution in [0.1, 0.15) is 24.2 Å². The van der Waals surface area contributed by atoms with Gasteiger partial charge in [-0.15, -0.1) is 13.2 Å². The smallest absolute Gasteiger partial charge is 0.462 e. The van der Waals surface area contributed by atoms with Gasteiger partial charge in [-0.3, -0.25) is 0 Å². The first-order valence-corrected chi connectivity index (χ1v) is 5.41. The minimum atomic E-state index is -4.91. The third-order valence-electron chi connectivity index (χ3n) is 1.94. The lowest BCUT2D eigenvalue weighted by Crippen LogP contribution is -2.18. The topological polar surface area (TPSA) is 35.5 Å². The first kappa shape index (κ1) is 15.3. The van der Waals surface area contributed by atoms with Crippen molar-refractivity contribution >= 4 is 5.97 Å². The molecule has 0 bridgehead atoms. The van der Waals surface area contributed by atoms with Gasteiger partial charge in [0.25, 0.3) is 0 Å². The number of benzene rings is 1.